The molecule has 4 rings (SSSR count). The Labute approximate surface area is 228 Å². The number of carbonyl (C=O) groups excluding carboxylic acids is 1. The second kappa shape index (κ2) is 11.6. The first-order chi connectivity index (χ1) is 18.7. The maximum atomic E-state index is 13.3. The molecule has 0 bridgehead atoms. The molecule has 10 heteroatoms. The van der Waals surface area contributed by atoms with Crippen LogP contribution in [0.2, 0.25) is 0 Å². The lowest BCUT2D eigenvalue weighted by Crippen LogP contribution is -2.27. The lowest BCUT2D eigenvalue weighted by Gasteiger charge is -2.35. The average molecular weight is 545 g/mol. The molecular weight excluding hydrogens is 508 g/mol. The molecule has 1 N–H and O–H groups in total. The number of rotatable bonds is 8. The molecule has 1 heterocycles. The Hall–Kier alpha value is -3.63. The normalized spacial score (nSPS) is 20.0. The van der Waals surface area contributed by atoms with Gasteiger partial charge in [-0.2, -0.15) is 0 Å². The zero-order valence-corrected chi connectivity index (χ0v) is 23.6. The first kappa shape index (κ1) is 28.4. The highest BCUT2D eigenvalue weighted by Crippen LogP contribution is 2.58. The van der Waals surface area contributed by atoms with Gasteiger partial charge >= 0.3 is 5.97 Å². The van der Waals surface area contributed by atoms with Crippen LogP contribution in [-0.4, -0.2) is 59.7 Å². The number of esters is 1. The van der Waals surface area contributed by atoms with E-state index in [1.807, 2.05) is 13.0 Å². The summed E-state index contributed by atoms with van der Waals surface area (Å²) < 4.78 is 45.0. The Morgan fingerprint density at radius 3 is 2.31 bits per heavy atom. The third-order valence-corrected chi connectivity index (χ3v) is 7.46. The number of aromatic hydroxyl groups is 1. The van der Waals surface area contributed by atoms with Crippen molar-refractivity contribution in [3.05, 3.63) is 34.9 Å². The van der Waals surface area contributed by atoms with Gasteiger partial charge in [0.1, 0.15) is 6.10 Å². The highest BCUT2D eigenvalue weighted by molar-refractivity contribution is 5.90. The van der Waals surface area contributed by atoms with Crippen molar-refractivity contribution in [1.29, 1.82) is 0 Å². The topological polar surface area (TPSA) is 111 Å². The van der Waals surface area contributed by atoms with Gasteiger partial charge in [0.05, 0.1) is 21.3 Å². The van der Waals surface area contributed by atoms with Crippen LogP contribution in [0.25, 0.3) is 11.1 Å². The molecule has 0 saturated carbocycles. The zero-order chi connectivity index (χ0) is 28.4. The minimum Gasteiger partial charge on any atom is -0.504 e. The smallest absolute Gasteiger partial charge is 0.334 e. The molecule has 0 spiro atoms. The van der Waals surface area contributed by atoms with Crippen LogP contribution in [-0.2, 0) is 25.4 Å². The molecule has 0 amide bonds. The van der Waals surface area contributed by atoms with E-state index in [2.05, 4.69) is 6.92 Å². The summed E-state index contributed by atoms with van der Waals surface area (Å²) >= 11 is 0. The summed E-state index contributed by atoms with van der Waals surface area (Å²) in [6, 6.07) is 3.65. The van der Waals surface area contributed by atoms with Crippen molar-refractivity contribution >= 4 is 5.97 Å². The van der Waals surface area contributed by atoms with Crippen LogP contribution in [0.15, 0.2) is 23.8 Å². The largest absolute Gasteiger partial charge is 0.504 e. The van der Waals surface area contributed by atoms with Crippen LogP contribution in [0.4, 0.5) is 0 Å². The van der Waals surface area contributed by atoms with Crippen LogP contribution in [0, 0.1) is 11.8 Å². The fourth-order valence-electron chi connectivity index (χ4n) is 5.17. The Morgan fingerprint density at radius 1 is 1.00 bits per heavy atom. The minimum absolute atomic E-state index is 0.00698. The van der Waals surface area contributed by atoms with Crippen molar-refractivity contribution < 1.29 is 47.8 Å². The number of phenolic OH excluding ortho intramolecular Hbond substituents is 1. The van der Waals surface area contributed by atoms with Crippen LogP contribution < -0.4 is 23.7 Å². The second-order valence-electron chi connectivity index (χ2n) is 9.66. The number of phenols is 1. The van der Waals surface area contributed by atoms with Crippen LogP contribution in [0.3, 0.4) is 0 Å². The summed E-state index contributed by atoms with van der Waals surface area (Å²) in [4.78, 5) is 13.3. The molecule has 212 valence electrons. The zero-order valence-electron chi connectivity index (χ0n) is 23.6. The van der Waals surface area contributed by atoms with Gasteiger partial charge in [-0.3, -0.25) is 0 Å². The van der Waals surface area contributed by atoms with Crippen LogP contribution in [0.1, 0.15) is 38.0 Å². The molecule has 0 aromatic heterocycles. The fraction of sp³-hybridized carbons (Fsp3) is 0.483. The van der Waals surface area contributed by atoms with Crippen LogP contribution in [0.5, 0.6) is 34.5 Å². The van der Waals surface area contributed by atoms with E-state index in [1.54, 1.807) is 19.1 Å². The van der Waals surface area contributed by atoms with Crippen molar-refractivity contribution in [3.8, 4) is 45.6 Å². The minimum atomic E-state index is -0.724. The first-order valence-corrected chi connectivity index (χ1v) is 12.6. The van der Waals surface area contributed by atoms with E-state index in [4.69, 9.17) is 37.9 Å². The Bertz CT molecular complexity index is 1260. The Kier molecular flexibility index (Phi) is 8.46. The van der Waals surface area contributed by atoms with Crippen molar-refractivity contribution in [1.82, 2.24) is 0 Å². The molecule has 0 fully saturated rings. The van der Waals surface area contributed by atoms with E-state index < -0.39 is 18.4 Å². The van der Waals surface area contributed by atoms with E-state index in [9.17, 15) is 9.90 Å². The van der Waals surface area contributed by atoms with Crippen molar-refractivity contribution in [2.45, 2.75) is 39.6 Å². The number of carbonyl (C=O) groups is 1. The highest BCUT2D eigenvalue weighted by atomic mass is 16.7. The quantitative estimate of drug-likeness (QED) is 0.283. The molecule has 1 aliphatic carbocycles. The van der Waals surface area contributed by atoms with Gasteiger partial charge in [0.15, 0.2) is 29.3 Å². The third kappa shape index (κ3) is 5.06. The molecule has 2 aliphatic rings. The molecule has 39 heavy (non-hydrogen) atoms. The number of benzene rings is 2. The third-order valence-electron chi connectivity index (χ3n) is 7.46. The van der Waals surface area contributed by atoms with Crippen molar-refractivity contribution in [2.75, 3.05) is 42.3 Å². The number of fused-ring (bicyclic) bond motifs is 4. The molecule has 10 nitrogen and oxygen atoms in total. The Balaban J connectivity index is 1.99. The number of methoxy groups -OCH3 is 5. The summed E-state index contributed by atoms with van der Waals surface area (Å²) in [5.41, 5.74) is 2.78. The second-order valence-corrected chi connectivity index (χ2v) is 9.66. The van der Waals surface area contributed by atoms with Gasteiger partial charge in [-0.25, -0.2) is 4.79 Å². The Morgan fingerprint density at radius 2 is 1.69 bits per heavy atom. The molecule has 2 aromatic carbocycles. The van der Waals surface area contributed by atoms with E-state index in [0.717, 1.165) is 5.56 Å². The SMILES string of the molecule is COc1cc2c(c(O)c1OC)-c1c(cc3c(c1OC)OCO3)C(OC(=O)/C(C)=C/C(OC)OC)C(C)C(C)C2. The van der Waals surface area contributed by atoms with Crippen molar-refractivity contribution in [2.24, 2.45) is 11.8 Å². The summed E-state index contributed by atoms with van der Waals surface area (Å²) in [5.74, 6) is 1.05. The van der Waals surface area contributed by atoms with Crippen LogP contribution >= 0.6 is 0 Å². The fourth-order valence-corrected chi connectivity index (χ4v) is 5.17. The summed E-state index contributed by atoms with van der Waals surface area (Å²) in [6.45, 7) is 5.75. The maximum absolute atomic E-state index is 13.3. The van der Waals surface area contributed by atoms with Gasteiger partial charge in [-0.15, -0.1) is 0 Å². The summed E-state index contributed by atoms with van der Waals surface area (Å²) in [7, 11) is 7.47. The van der Waals surface area contributed by atoms with Gasteiger partial charge in [-0.05, 0) is 43.0 Å². The molecule has 0 radical (unpaired) electrons. The summed E-state index contributed by atoms with van der Waals surface area (Å²) in [5, 5.41) is 11.6. The number of ether oxygens (including phenoxy) is 8. The van der Waals surface area contributed by atoms with Crippen molar-refractivity contribution in [3.63, 3.8) is 0 Å². The predicted octanol–water partition coefficient (Wildman–Crippen LogP) is 4.79. The highest BCUT2D eigenvalue weighted by Gasteiger charge is 2.40. The van der Waals surface area contributed by atoms with Gasteiger partial charge in [0.25, 0.3) is 0 Å². The molecule has 0 saturated heterocycles. The number of hydrogen-bond donors (Lipinski definition) is 1. The standard InChI is InChI=1S/C29H36O10/c1-14-9-17-11-19(32-4)26(35-7)24(30)22(17)23-18(12-20-27(28(23)36-8)38-13-37-20)25(16(14)3)39-29(31)15(2)10-21(33-5)34-6/h10-12,14,16,21,25,30H,9,13H2,1-8H3/b15-10+. The lowest BCUT2D eigenvalue weighted by molar-refractivity contribution is -0.148. The van der Waals surface area contributed by atoms with Gasteiger partial charge < -0.3 is 43.0 Å². The van der Waals surface area contributed by atoms with Gasteiger partial charge in [-0.1, -0.05) is 13.8 Å². The first-order valence-electron chi connectivity index (χ1n) is 12.6. The van der Waals surface area contributed by atoms with E-state index in [1.165, 1.54) is 35.5 Å². The summed E-state index contributed by atoms with van der Waals surface area (Å²) in [6.07, 6.45) is 0.690. The average Bonchev–Trinajstić information content (AvgIpc) is 3.41. The number of hydrogen-bond acceptors (Lipinski definition) is 10. The predicted molar refractivity (Wildman–Crippen MR) is 142 cm³/mol. The monoisotopic (exact) mass is 544 g/mol. The van der Waals surface area contributed by atoms with E-state index in [0.29, 0.717) is 51.7 Å². The molecule has 3 unspecified atom stereocenters. The molecule has 3 atom stereocenters. The van der Waals surface area contributed by atoms with Gasteiger partial charge in [0, 0.05) is 42.4 Å². The molecule has 2 aromatic rings. The van der Waals surface area contributed by atoms with E-state index in [-0.39, 0.29) is 30.1 Å². The molecule has 1 aliphatic heterocycles. The molecular formula is C29H36O10. The lowest BCUT2D eigenvalue weighted by atomic mass is 9.76. The maximum Gasteiger partial charge on any atom is 0.334 e. The van der Waals surface area contributed by atoms with Gasteiger partial charge in [0.2, 0.25) is 18.3 Å². The van der Waals surface area contributed by atoms with E-state index >= 15 is 0 Å².